The van der Waals surface area contributed by atoms with Gasteiger partial charge in [0.2, 0.25) is 0 Å². The Kier molecular flexibility index (Phi) is 6.90. The number of rotatable bonds is 5. The second kappa shape index (κ2) is 11.9. The number of hydrogen-bond acceptors (Lipinski definition) is 4. The van der Waals surface area contributed by atoms with Gasteiger partial charge in [0.05, 0.1) is 20.4 Å². The van der Waals surface area contributed by atoms with Gasteiger partial charge in [-0.15, -0.1) is 22.7 Å². The monoisotopic (exact) mass is 672 g/mol. The summed E-state index contributed by atoms with van der Waals surface area (Å²) in [5.74, 6) is 0. The highest BCUT2D eigenvalue weighted by atomic mass is 32.1. The van der Waals surface area contributed by atoms with Crippen molar-refractivity contribution in [3.05, 3.63) is 170 Å². The molecule has 0 spiro atoms. The van der Waals surface area contributed by atoms with Gasteiger partial charge in [-0.25, -0.2) is 9.97 Å². The van der Waals surface area contributed by atoms with Crippen LogP contribution in [0.4, 0.5) is 0 Å². The minimum atomic E-state index is 1.04. The Hall–Kier alpha value is -5.94. The molecule has 2 aromatic heterocycles. The predicted octanol–water partition coefficient (Wildman–Crippen LogP) is 13.5. The second-order valence-electron chi connectivity index (χ2n) is 12.6. The molecule has 0 aliphatic heterocycles. The van der Waals surface area contributed by atoms with E-state index in [2.05, 4.69) is 164 Å². The summed E-state index contributed by atoms with van der Waals surface area (Å²) in [7, 11) is 0. The van der Waals surface area contributed by atoms with Crippen molar-refractivity contribution in [3.8, 4) is 54.5 Å². The standard InChI is InChI=1S/C46H28N2S2/c1-2-10-32-25-33(22-19-29(32)9-1)35-26-34(30-17-20-31(21-18-30)45-47-41-13-5-7-15-43(41)49-45)27-36(28-35)37-23-24-40(39-12-4-3-11-38(37)39)46-48-42-14-6-8-16-44(42)50-46/h1-28H. The summed E-state index contributed by atoms with van der Waals surface area (Å²) in [6, 6.07) is 61.3. The fourth-order valence-electron chi connectivity index (χ4n) is 7.01. The summed E-state index contributed by atoms with van der Waals surface area (Å²) in [4.78, 5) is 9.93. The molecule has 0 saturated heterocycles. The van der Waals surface area contributed by atoms with Crippen molar-refractivity contribution in [2.45, 2.75) is 0 Å². The molecule has 234 valence electrons. The lowest BCUT2D eigenvalue weighted by Crippen LogP contribution is -1.89. The van der Waals surface area contributed by atoms with Gasteiger partial charge < -0.3 is 0 Å². The molecule has 0 radical (unpaired) electrons. The van der Waals surface area contributed by atoms with Crippen LogP contribution in [0, 0.1) is 0 Å². The maximum absolute atomic E-state index is 5.02. The zero-order valence-electron chi connectivity index (χ0n) is 26.9. The van der Waals surface area contributed by atoms with Crippen molar-refractivity contribution in [1.29, 1.82) is 0 Å². The van der Waals surface area contributed by atoms with Gasteiger partial charge >= 0.3 is 0 Å². The fraction of sp³-hybridized carbons (Fsp3) is 0. The molecule has 0 saturated carbocycles. The van der Waals surface area contributed by atoms with Crippen LogP contribution >= 0.6 is 22.7 Å². The highest BCUT2D eigenvalue weighted by molar-refractivity contribution is 7.22. The number of aromatic nitrogens is 2. The van der Waals surface area contributed by atoms with E-state index in [-0.39, 0.29) is 0 Å². The van der Waals surface area contributed by atoms with Gasteiger partial charge in [0.15, 0.2) is 0 Å². The van der Waals surface area contributed by atoms with Crippen molar-refractivity contribution in [1.82, 2.24) is 9.97 Å². The van der Waals surface area contributed by atoms with E-state index in [1.54, 1.807) is 22.7 Å². The van der Waals surface area contributed by atoms with Crippen LogP contribution in [0.25, 0.3) is 96.5 Å². The predicted molar refractivity (Wildman–Crippen MR) is 215 cm³/mol. The first-order chi connectivity index (χ1) is 24.7. The summed E-state index contributed by atoms with van der Waals surface area (Å²) in [5.41, 5.74) is 11.5. The maximum Gasteiger partial charge on any atom is 0.125 e. The Morgan fingerprint density at radius 2 is 0.840 bits per heavy atom. The first-order valence-corrected chi connectivity index (χ1v) is 18.4. The van der Waals surface area contributed by atoms with Crippen LogP contribution in [0.2, 0.25) is 0 Å². The molecule has 0 N–H and O–H groups in total. The number of nitrogens with zero attached hydrogens (tertiary/aromatic N) is 2. The molecule has 10 rings (SSSR count). The minimum absolute atomic E-state index is 1.04. The van der Waals surface area contributed by atoms with Crippen LogP contribution in [0.15, 0.2) is 170 Å². The molecule has 0 aliphatic carbocycles. The Morgan fingerprint density at radius 3 is 1.58 bits per heavy atom. The van der Waals surface area contributed by atoms with Crippen LogP contribution < -0.4 is 0 Å². The molecule has 0 fully saturated rings. The molecule has 0 atom stereocenters. The lowest BCUT2D eigenvalue weighted by Gasteiger charge is -2.15. The zero-order chi connectivity index (χ0) is 33.0. The fourth-order valence-corrected chi connectivity index (χ4v) is 8.99. The van der Waals surface area contributed by atoms with Crippen LogP contribution in [-0.4, -0.2) is 9.97 Å². The Balaban J connectivity index is 1.13. The molecule has 0 amide bonds. The van der Waals surface area contributed by atoms with Crippen LogP contribution in [-0.2, 0) is 0 Å². The van der Waals surface area contributed by atoms with Gasteiger partial charge in [-0.05, 0) is 103 Å². The molecule has 50 heavy (non-hydrogen) atoms. The van der Waals surface area contributed by atoms with E-state index in [1.807, 2.05) is 6.07 Å². The van der Waals surface area contributed by atoms with Gasteiger partial charge in [-0.1, -0.05) is 121 Å². The average Bonchev–Trinajstić information content (AvgIpc) is 3.82. The molecule has 0 unspecified atom stereocenters. The number of hydrogen-bond donors (Lipinski definition) is 0. The van der Waals surface area contributed by atoms with Gasteiger partial charge in [0, 0.05) is 11.1 Å². The SMILES string of the molecule is c1ccc2cc(-c3cc(-c4ccc(-c5nc6ccccc6s5)cc4)cc(-c4ccc(-c5nc6ccccc6s5)c5ccccc45)c3)ccc2c1. The number of benzene rings is 8. The number of fused-ring (bicyclic) bond motifs is 4. The normalized spacial score (nSPS) is 11.6. The van der Waals surface area contributed by atoms with Crippen LogP contribution in [0.1, 0.15) is 0 Å². The molecule has 2 nitrogen and oxygen atoms in total. The molecule has 2 heterocycles. The lowest BCUT2D eigenvalue weighted by atomic mass is 9.89. The molecule has 0 aliphatic rings. The third-order valence-corrected chi connectivity index (χ3v) is 11.7. The third kappa shape index (κ3) is 5.09. The van der Waals surface area contributed by atoms with Gasteiger partial charge in [-0.2, -0.15) is 0 Å². The van der Waals surface area contributed by atoms with E-state index in [9.17, 15) is 0 Å². The van der Waals surface area contributed by atoms with Crippen molar-refractivity contribution in [3.63, 3.8) is 0 Å². The molecular formula is C46H28N2S2. The van der Waals surface area contributed by atoms with Crippen molar-refractivity contribution >= 4 is 64.7 Å². The van der Waals surface area contributed by atoms with Crippen molar-refractivity contribution in [2.75, 3.05) is 0 Å². The van der Waals surface area contributed by atoms with Gasteiger partial charge in [-0.3, -0.25) is 0 Å². The lowest BCUT2D eigenvalue weighted by molar-refractivity contribution is 1.47. The highest BCUT2D eigenvalue weighted by Crippen LogP contribution is 2.41. The van der Waals surface area contributed by atoms with E-state index in [0.717, 1.165) is 26.6 Å². The second-order valence-corrected chi connectivity index (χ2v) is 14.7. The van der Waals surface area contributed by atoms with Crippen LogP contribution in [0.3, 0.4) is 0 Å². The van der Waals surface area contributed by atoms with E-state index in [0.29, 0.717) is 0 Å². The average molecular weight is 673 g/mol. The maximum atomic E-state index is 5.02. The summed E-state index contributed by atoms with van der Waals surface area (Å²) in [6.07, 6.45) is 0. The van der Waals surface area contributed by atoms with Crippen molar-refractivity contribution < 1.29 is 0 Å². The molecule has 10 aromatic rings. The third-order valence-electron chi connectivity index (χ3n) is 9.53. The number of para-hydroxylation sites is 2. The smallest absolute Gasteiger partial charge is 0.125 e. The molecule has 4 heteroatoms. The van der Waals surface area contributed by atoms with E-state index in [4.69, 9.17) is 9.97 Å². The molecular weight excluding hydrogens is 645 g/mol. The summed E-state index contributed by atoms with van der Waals surface area (Å²) in [5, 5.41) is 7.01. The van der Waals surface area contributed by atoms with Crippen molar-refractivity contribution in [2.24, 2.45) is 0 Å². The zero-order valence-corrected chi connectivity index (χ0v) is 28.5. The summed E-state index contributed by atoms with van der Waals surface area (Å²) in [6.45, 7) is 0. The van der Waals surface area contributed by atoms with E-state index >= 15 is 0 Å². The largest absolute Gasteiger partial charge is 0.236 e. The Labute approximate surface area is 297 Å². The first-order valence-electron chi connectivity index (χ1n) is 16.7. The van der Waals surface area contributed by atoms with Gasteiger partial charge in [0.25, 0.3) is 0 Å². The quantitative estimate of drug-likeness (QED) is 0.182. The first kappa shape index (κ1) is 29.0. The topological polar surface area (TPSA) is 25.8 Å². The molecule has 8 aromatic carbocycles. The van der Waals surface area contributed by atoms with Gasteiger partial charge in [0.1, 0.15) is 10.0 Å². The van der Waals surface area contributed by atoms with E-state index in [1.165, 1.54) is 69.9 Å². The highest BCUT2D eigenvalue weighted by Gasteiger charge is 2.15. The van der Waals surface area contributed by atoms with Crippen LogP contribution in [0.5, 0.6) is 0 Å². The molecule has 0 bridgehead atoms. The number of thiazole rings is 2. The Morgan fingerprint density at radius 1 is 0.320 bits per heavy atom. The minimum Gasteiger partial charge on any atom is -0.236 e. The Bertz CT molecular complexity index is 2810. The van der Waals surface area contributed by atoms with E-state index < -0.39 is 0 Å². The summed E-state index contributed by atoms with van der Waals surface area (Å²) < 4.78 is 2.42. The summed E-state index contributed by atoms with van der Waals surface area (Å²) >= 11 is 3.49.